The first-order chi connectivity index (χ1) is 13.6. The predicted octanol–water partition coefficient (Wildman–Crippen LogP) is 4.45. The second kappa shape index (κ2) is 7.83. The smallest absolute Gasteiger partial charge is 0.164 e. The molecule has 1 aromatic carbocycles. The molecule has 7 heteroatoms. The lowest BCUT2D eigenvalue weighted by Gasteiger charge is -2.18. The van der Waals surface area contributed by atoms with Crippen LogP contribution in [-0.2, 0) is 19.4 Å². The Hall–Kier alpha value is -2.54. The van der Waals surface area contributed by atoms with Crippen LogP contribution >= 0.6 is 11.3 Å². The molecule has 0 saturated carbocycles. The quantitative estimate of drug-likeness (QED) is 0.660. The molecule has 2 heterocycles. The van der Waals surface area contributed by atoms with Crippen LogP contribution in [0.25, 0.3) is 10.2 Å². The molecule has 2 aromatic heterocycles. The van der Waals surface area contributed by atoms with Crippen molar-refractivity contribution >= 4 is 27.4 Å². The van der Waals surface area contributed by atoms with Gasteiger partial charge in [0.2, 0.25) is 0 Å². The molecule has 0 amide bonds. The van der Waals surface area contributed by atoms with E-state index in [0.29, 0.717) is 18.0 Å². The zero-order valence-corrected chi connectivity index (χ0v) is 17.5. The zero-order valence-electron chi connectivity index (χ0n) is 16.7. The third-order valence-electron chi connectivity index (χ3n) is 5.32. The zero-order chi connectivity index (χ0) is 19.7. The first-order valence-corrected chi connectivity index (χ1v) is 10.2. The van der Waals surface area contributed by atoms with Crippen LogP contribution in [0.5, 0.6) is 17.2 Å². The van der Waals surface area contributed by atoms with Crippen molar-refractivity contribution in [2.45, 2.75) is 32.7 Å². The average molecular weight is 400 g/mol. The summed E-state index contributed by atoms with van der Waals surface area (Å²) in [5.41, 5.74) is 2.39. The van der Waals surface area contributed by atoms with Crippen LogP contribution in [0.15, 0.2) is 18.5 Å². The second-order valence-corrected chi connectivity index (χ2v) is 8.21. The molecular formula is C21H25N3O3S. The molecule has 1 aliphatic carbocycles. The number of fused-ring (bicyclic) bond motifs is 3. The lowest BCUT2D eigenvalue weighted by molar-refractivity contribution is 0.347. The average Bonchev–Trinajstić information content (AvgIpc) is 3.09. The van der Waals surface area contributed by atoms with Crippen molar-refractivity contribution in [3.8, 4) is 17.2 Å². The minimum absolute atomic E-state index is 0.566. The molecule has 6 nitrogen and oxygen atoms in total. The lowest BCUT2D eigenvalue weighted by atomic mass is 9.89. The molecule has 1 aliphatic rings. The van der Waals surface area contributed by atoms with Crippen molar-refractivity contribution < 1.29 is 14.2 Å². The summed E-state index contributed by atoms with van der Waals surface area (Å²) in [4.78, 5) is 11.6. The van der Waals surface area contributed by atoms with Crippen LogP contribution in [0.4, 0.5) is 5.82 Å². The van der Waals surface area contributed by atoms with Crippen molar-refractivity contribution in [2.24, 2.45) is 5.92 Å². The van der Waals surface area contributed by atoms with E-state index >= 15 is 0 Å². The number of aryl methyl sites for hydroxylation is 1. The van der Waals surface area contributed by atoms with E-state index in [4.69, 9.17) is 14.2 Å². The molecule has 3 aromatic rings. The molecule has 0 fully saturated rings. The van der Waals surface area contributed by atoms with E-state index in [2.05, 4.69) is 22.2 Å². The SMILES string of the molecule is COc1cc(OC)c(OC)cc1CNc1ncnc2sc3c(c12)CCC(C)C3. The highest BCUT2D eigenvalue weighted by atomic mass is 32.1. The number of nitrogens with zero attached hydrogens (tertiary/aromatic N) is 2. The summed E-state index contributed by atoms with van der Waals surface area (Å²) in [6.07, 6.45) is 5.09. The third-order valence-corrected chi connectivity index (χ3v) is 6.49. The lowest BCUT2D eigenvalue weighted by Crippen LogP contribution is -2.09. The number of hydrogen-bond donors (Lipinski definition) is 1. The highest BCUT2D eigenvalue weighted by Gasteiger charge is 2.23. The Labute approximate surface area is 168 Å². The minimum Gasteiger partial charge on any atom is -0.496 e. The Morgan fingerprint density at radius 1 is 1.07 bits per heavy atom. The molecule has 1 N–H and O–H groups in total. The number of thiophene rings is 1. The molecule has 148 valence electrons. The maximum atomic E-state index is 5.54. The van der Waals surface area contributed by atoms with Gasteiger partial charge in [-0.1, -0.05) is 6.92 Å². The normalized spacial score (nSPS) is 15.9. The van der Waals surface area contributed by atoms with E-state index in [1.54, 1.807) is 39.0 Å². The summed E-state index contributed by atoms with van der Waals surface area (Å²) in [6, 6.07) is 3.78. The Bertz CT molecular complexity index is 1000. The van der Waals surface area contributed by atoms with Crippen LogP contribution in [0.3, 0.4) is 0 Å². The van der Waals surface area contributed by atoms with Gasteiger partial charge in [-0.05, 0) is 36.8 Å². The van der Waals surface area contributed by atoms with E-state index < -0.39 is 0 Å². The maximum absolute atomic E-state index is 5.54. The summed E-state index contributed by atoms with van der Waals surface area (Å²) in [5, 5.41) is 4.67. The fourth-order valence-electron chi connectivity index (χ4n) is 3.82. The first kappa shape index (κ1) is 18.8. The summed E-state index contributed by atoms with van der Waals surface area (Å²) < 4.78 is 16.4. The molecule has 0 saturated heterocycles. The van der Waals surface area contributed by atoms with Gasteiger partial charge in [0, 0.05) is 23.1 Å². The van der Waals surface area contributed by atoms with Crippen molar-refractivity contribution in [3.05, 3.63) is 34.5 Å². The van der Waals surface area contributed by atoms with Crippen molar-refractivity contribution in [1.82, 2.24) is 9.97 Å². The molecule has 4 rings (SSSR count). The van der Waals surface area contributed by atoms with Gasteiger partial charge in [-0.3, -0.25) is 0 Å². The van der Waals surface area contributed by atoms with Gasteiger partial charge < -0.3 is 19.5 Å². The number of rotatable bonds is 6. The molecule has 28 heavy (non-hydrogen) atoms. The molecule has 0 aliphatic heterocycles. The van der Waals surface area contributed by atoms with Gasteiger partial charge >= 0.3 is 0 Å². The molecule has 1 unspecified atom stereocenters. The number of benzene rings is 1. The van der Waals surface area contributed by atoms with E-state index in [-0.39, 0.29) is 0 Å². The van der Waals surface area contributed by atoms with Crippen LogP contribution < -0.4 is 19.5 Å². The highest BCUT2D eigenvalue weighted by Crippen LogP contribution is 2.40. The van der Waals surface area contributed by atoms with Gasteiger partial charge in [-0.25, -0.2) is 9.97 Å². The molecule has 1 atom stereocenters. The number of methoxy groups -OCH3 is 3. The highest BCUT2D eigenvalue weighted by molar-refractivity contribution is 7.19. The number of nitrogens with one attached hydrogen (secondary N) is 1. The Morgan fingerprint density at radius 2 is 1.82 bits per heavy atom. The number of hydrogen-bond acceptors (Lipinski definition) is 7. The van der Waals surface area contributed by atoms with E-state index in [0.717, 1.165) is 40.7 Å². The predicted molar refractivity (Wildman–Crippen MR) is 112 cm³/mol. The maximum Gasteiger partial charge on any atom is 0.164 e. The van der Waals surface area contributed by atoms with Crippen LogP contribution in [0, 0.1) is 5.92 Å². The Kier molecular flexibility index (Phi) is 5.26. The van der Waals surface area contributed by atoms with Gasteiger partial charge in [-0.15, -0.1) is 11.3 Å². The molecule has 0 bridgehead atoms. The van der Waals surface area contributed by atoms with E-state index in [1.165, 1.54) is 22.2 Å². The van der Waals surface area contributed by atoms with Crippen LogP contribution in [-0.4, -0.2) is 31.3 Å². The van der Waals surface area contributed by atoms with Gasteiger partial charge in [0.05, 0.1) is 26.7 Å². The number of ether oxygens (including phenoxy) is 3. The topological polar surface area (TPSA) is 65.5 Å². The van der Waals surface area contributed by atoms with Crippen molar-refractivity contribution in [1.29, 1.82) is 0 Å². The first-order valence-electron chi connectivity index (χ1n) is 9.42. The molecule has 0 radical (unpaired) electrons. The van der Waals surface area contributed by atoms with Crippen molar-refractivity contribution in [2.75, 3.05) is 26.6 Å². The number of anilines is 1. The van der Waals surface area contributed by atoms with Crippen molar-refractivity contribution in [3.63, 3.8) is 0 Å². The summed E-state index contributed by atoms with van der Waals surface area (Å²) >= 11 is 1.81. The molecule has 0 spiro atoms. The van der Waals surface area contributed by atoms with Gasteiger partial charge in [0.1, 0.15) is 22.7 Å². The Balaban J connectivity index is 1.66. The van der Waals surface area contributed by atoms with Gasteiger partial charge in [0.15, 0.2) is 11.5 Å². The monoisotopic (exact) mass is 399 g/mol. The molecular weight excluding hydrogens is 374 g/mol. The van der Waals surface area contributed by atoms with Gasteiger partial charge in [-0.2, -0.15) is 0 Å². The Morgan fingerprint density at radius 3 is 2.57 bits per heavy atom. The van der Waals surface area contributed by atoms with Crippen LogP contribution in [0.2, 0.25) is 0 Å². The fraction of sp³-hybridized carbons (Fsp3) is 0.429. The third kappa shape index (κ3) is 3.35. The second-order valence-electron chi connectivity index (χ2n) is 7.13. The summed E-state index contributed by atoms with van der Waals surface area (Å²) in [7, 11) is 4.91. The summed E-state index contributed by atoms with van der Waals surface area (Å²) in [5.74, 6) is 3.69. The van der Waals surface area contributed by atoms with Gasteiger partial charge in [0.25, 0.3) is 0 Å². The largest absolute Gasteiger partial charge is 0.496 e. The number of aromatic nitrogens is 2. The standard InChI is InChI=1S/C21H25N3O3S/c1-12-5-6-14-18(7-12)28-21-19(14)20(23-11-24-21)22-10-13-8-16(26-3)17(27-4)9-15(13)25-2/h8-9,11-12H,5-7,10H2,1-4H3,(H,22,23,24). The van der Waals surface area contributed by atoms with E-state index in [1.807, 2.05) is 12.1 Å². The summed E-state index contributed by atoms with van der Waals surface area (Å²) in [6.45, 7) is 2.89. The van der Waals surface area contributed by atoms with Crippen LogP contribution in [0.1, 0.15) is 29.3 Å². The minimum atomic E-state index is 0.566. The fourth-order valence-corrected chi connectivity index (χ4v) is 5.17. The van der Waals surface area contributed by atoms with E-state index in [9.17, 15) is 0 Å².